The molecule has 2 fully saturated rings. The Bertz CT molecular complexity index is 857. The molecule has 0 radical (unpaired) electrons. The highest BCUT2D eigenvalue weighted by molar-refractivity contribution is 5.91. The van der Waals surface area contributed by atoms with Crippen molar-refractivity contribution in [2.24, 2.45) is 11.3 Å². The van der Waals surface area contributed by atoms with Crippen LogP contribution < -0.4 is 4.74 Å². The lowest BCUT2D eigenvalue weighted by Gasteiger charge is -2.28. The summed E-state index contributed by atoms with van der Waals surface area (Å²) in [6, 6.07) is 9.16. The number of pyridine rings is 1. The van der Waals surface area contributed by atoms with Gasteiger partial charge in [-0.15, -0.1) is 0 Å². The van der Waals surface area contributed by atoms with Gasteiger partial charge >= 0.3 is 12.1 Å². The summed E-state index contributed by atoms with van der Waals surface area (Å²) in [6.45, 7) is 2.16. The number of carboxylic acids is 1. The summed E-state index contributed by atoms with van der Waals surface area (Å²) in [4.78, 5) is 27.6. The Labute approximate surface area is 170 Å². The van der Waals surface area contributed by atoms with Crippen molar-refractivity contribution in [3.8, 4) is 5.88 Å². The maximum absolute atomic E-state index is 12.5. The quantitative estimate of drug-likeness (QED) is 0.803. The van der Waals surface area contributed by atoms with Crippen LogP contribution >= 0.6 is 0 Å². The molecule has 1 amide bonds. The third-order valence-corrected chi connectivity index (χ3v) is 5.45. The molecule has 2 aromatic rings. The maximum atomic E-state index is 12.5. The van der Waals surface area contributed by atoms with Crippen LogP contribution in [0.1, 0.15) is 29.8 Å². The second kappa shape index (κ2) is 8.76. The number of amides is 1. The van der Waals surface area contributed by atoms with Crippen molar-refractivity contribution in [2.75, 3.05) is 19.7 Å². The number of ether oxygens (including phenoxy) is 1. The number of aromatic nitrogens is 1. The highest BCUT2D eigenvalue weighted by Gasteiger charge is 2.51. The molecule has 0 bridgehead atoms. The Balaban J connectivity index is 0.000000318. The van der Waals surface area contributed by atoms with E-state index in [0.717, 1.165) is 25.9 Å². The third-order valence-electron chi connectivity index (χ3n) is 5.45. The number of hydrogen-bond acceptors (Lipinski definition) is 5. The molecular formula is C20H21F3N2O5. The Morgan fingerprint density at radius 3 is 2.67 bits per heavy atom. The van der Waals surface area contributed by atoms with Gasteiger partial charge in [-0.25, -0.2) is 9.78 Å². The van der Waals surface area contributed by atoms with Crippen molar-refractivity contribution in [1.82, 2.24) is 9.88 Å². The fourth-order valence-corrected chi connectivity index (χ4v) is 4.01. The van der Waals surface area contributed by atoms with Crippen LogP contribution in [0.3, 0.4) is 0 Å². The van der Waals surface area contributed by atoms with Crippen LogP contribution in [0.25, 0.3) is 0 Å². The summed E-state index contributed by atoms with van der Waals surface area (Å²) in [5, 5.41) is 7.12. The van der Waals surface area contributed by atoms with Crippen molar-refractivity contribution < 1.29 is 37.0 Å². The van der Waals surface area contributed by atoms with Gasteiger partial charge in [0.25, 0.3) is 5.91 Å². The largest absolute Gasteiger partial charge is 0.490 e. The van der Waals surface area contributed by atoms with Crippen LogP contribution in [0.15, 0.2) is 47.2 Å². The number of alkyl halides is 3. The van der Waals surface area contributed by atoms with Crippen molar-refractivity contribution in [3.05, 3.63) is 48.6 Å². The fraction of sp³-hybridized carbons (Fsp3) is 0.450. The molecule has 2 aromatic heterocycles. The van der Waals surface area contributed by atoms with Gasteiger partial charge in [0.1, 0.15) is 0 Å². The molecule has 30 heavy (non-hydrogen) atoms. The van der Waals surface area contributed by atoms with Crippen molar-refractivity contribution in [3.63, 3.8) is 0 Å². The number of nitrogens with zero attached hydrogens (tertiary/aromatic N) is 2. The van der Waals surface area contributed by atoms with Gasteiger partial charge in [-0.2, -0.15) is 13.2 Å². The first-order valence-electron chi connectivity index (χ1n) is 9.38. The SMILES string of the molecule is O=C(O)C(F)(F)F.O=C(c1ccco1)N1C[C@H]2CCC[C@@]2(COc2ccccn2)C1. The summed E-state index contributed by atoms with van der Waals surface area (Å²) in [5.74, 6) is -1.19. The number of carbonyl (C=O) groups excluding carboxylic acids is 1. The van der Waals surface area contributed by atoms with Gasteiger partial charge in [-0.1, -0.05) is 12.5 Å². The zero-order chi connectivity index (χ0) is 21.8. The first-order valence-corrected chi connectivity index (χ1v) is 9.38. The lowest BCUT2D eigenvalue weighted by atomic mass is 9.81. The lowest BCUT2D eigenvalue weighted by Crippen LogP contribution is -2.35. The number of aliphatic carboxylic acids is 1. The van der Waals surface area contributed by atoms with Gasteiger partial charge in [-0.3, -0.25) is 4.79 Å². The highest BCUT2D eigenvalue weighted by Crippen LogP contribution is 2.49. The van der Waals surface area contributed by atoms with E-state index in [9.17, 15) is 18.0 Å². The second-order valence-corrected chi connectivity index (χ2v) is 7.37. The Morgan fingerprint density at radius 2 is 2.07 bits per heavy atom. The van der Waals surface area contributed by atoms with E-state index in [-0.39, 0.29) is 11.3 Å². The number of likely N-dealkylation sites (tertiary alicyclic amines) is 1. The minimum Gasteiger partial charge on any atom is -0.477 e. The molecule has 3 heterocycles. The lowest BCUT2D eigenvalue weighted by molar-refractivity contribution is -0.192. The molecule has 1 N–H and O–H groups in total. The number of fused-ring (bicyclic) bond motifs is 1. The van der Waals surface area contributed by atoms with Crippen molar-refractivity contribution in [2.45, 2.75) is 25.4 Å². The predicted molar refractivity (Wildman–Crippen MR) is 97.8 cm³/mol. The zero-order valence-electron chi connectivity index (χ0n) is 16.0. The van der Waals surface area contributed by atoms with E-state index in [1.54, 1.807) is 24.6 Å². The van der Waals surface area contributed by atoms with E-state index in [1.165, 1.54) is 6.42 Å². The molecule has 2 aliphatic rings. The number of furan rings is 1. The van der Waals surface area contributed by atoms with E-state index in [2.05, 4.69) is 4.98 Å². The molecule has 2 atom stereocenters. The maximum Gasteiger partial charge on any atom is 0.490 e. The Kier molecular flexibility index (Phi) is 6.33. The molecule has 4 rings (SSSR count). The monoisotopic (exact) mass is 426 g/mol. The highest BCUT2D eigenvalue weighted by atomic mass is 19.4. The zero-order valence-corrected chi connectivity index (χ0v) is 16.0. The standard InChI is InChI=1S/C18H20N2O3.C2HF3O2/c21-17(15-6-4-10-22-15)20-11-14-5-3-8-18(14,12-20)13-23-16-7-1-2-9-19-16;3-2(4,5)1(6)7/h1-2,4,6-7,9-10,14H,3,5,8,11-13H2;(H,6,7)/t14-,18+;/m1./s1. The average Bonchev–Trinajstić information content (AvgIpc) is 3.42. The number of rotatable bonds is 4. The van der Waals surface area contributed by atoms with Crippen LogP contribution in [-0.4, -0.2) is 52.7 Å². The third kappa shape index (κ3) is 4.92. The molecule has 1 saturated carbocycles. The van der Waals surface area contributed by atoms with Gasteiger partial charge in [0.15, 0.2) is 5.76 Å². The first kappa shape index (κ1) is 21.7. The second-order valence-electron chi connectivity index (χ2n) is 7.37. The van der Waals surface area contributed by atoms with Gasteiger partial charge in [0, 0.05) is 30.8 Å². The summed E-state index contributed by atoms with van der Waals surface area (Å²) >= 11 is 0. The molecule has 1 aliphatic carbocycles. The van der Waals surface area contributed by atoms with Gasteiger partial charge in [0.05, 0.1) is 12.9 Å². The van der Waals surface area contributed by atoms with Crippen LogP contribution in [0.2, 0.25) is 0 Å². The minimum atomic E-state index is -5.08. The van der Waals surface area contributed by atoms with E-state index in [0.29, 0.717) is 24.2 Å². The number of hydrogen-bond donors (Lipinski definition) is 1. The van der Waals surface area contributed by atoms with Gasteiger partial charge < -0.3 is 19.2 Å². The average molecular weight is 426 g/mol. The molecular weight excluding hydrogens is 405 g/mol. The van der Waals surface area contributed by atoms with Gasteiger partial charge in [-0.05, 0) is 37.0 Å². The number of carboxylic acid groups (broad SMARTS) is 1. The Hall–Kier alpha value is -3.04. The van der Waals surface area contributed by atoms with E-state index >= 15 is 0 Å². The molecule has 162 valence electrons. The molecule has 1 saturated heterocycles. The van der Waals surface area contributed by atoms with E-state index < -0.39 is 12.1 Å². The molecule has 10 heteroatoms. The molecule has 1 aliphatic heterocycles. The van der Waals surface area contributed by atoms with Crippen LogP contribution in [-0.2, 0) is 4.79 Å². The summed E-state index contributed by atoms with van der Waals surface area (Å²) < 4.78 is 42.9. The van der Waals surface area contributed by atoms with E-state index in [4.69, 9.17) is 19.1 Å². The Morgan fingerprint density at radius 1 is 1.30 bits per heavy atom. The first-order chi connectivity index (χ1) is 14.2. The predicted octanol–water partition coefficient (Wildman–Crippen LogP) is 3.63. The fourth-order valence-electron chi connectivity index (χ4n) is 4.01. The normalized spacial score (nSPS) is 22.8. The summed E-state index contributed by atoms with van der Waals surface area (Å²) in [7, 11) is 0. The van der Waals surface area contributed by atoms with Crippen LogP contribution in [0.5, 0.6) is 5.88 Å². The van der Waals surface area contributed by atoms with E-state index in [1.807, 2.05) is 23.1 Å². The van der Waals surface area contributed by atoms with Crippen molar-refractivity contribution >= 4 is 11.9 Å². The topological polar surface area (TPSA) is 92.9 Å². The molecule has 7 nitrogen and oxygen atoms in total. The number of carbonyl (C=O) groups is 2. The van der Waals surface area contributed by atoms with Crippen molar-refractivity contribution in [1.29, 1.82) is 0 Å². The van der Waals surface area contributed by atoms with Crippen LogP contribution in [0, 0.1) is 11.3 Å². The minimum absolute atomic E-state index is 0.0124. The smallest absolute Gasteiger partial charge is 0.477 e. The van der Waals surface area contributed by atoms with Gasteiger partial charge in [0.2, 0.25) is 5.88 Å². The summed E-state index contributed by atoms with van der Waals surface area (Å²) in [6.07, 6.45) is 1.67. The molecule has 0 spiro atoms. The molecule has 0 aromatic carbocycles. The number of halogens is 3. The summed E-state index contributed by atoms with van der Waals surface area (Å²) in [5.41, 5.74) is 0.0553. The molecule has 0 unspecified atom stereocenters. The van der Waals surface area contributed by atoms with Crippen LogP contribution in [0.4, 0.5) is 13.2 Å².